The molecule has 0 saturated carbocycles. The SMILES string of the molecule is O=Cc1ccc(-c2ccc(S(=O)(=O)[O-])cc2Cl)o1. The minimum absolute atomic E-state index is 0.0544. The molecule has 1 heterocycles. The molecule has 7 heteroatoms. The molecule has 0 unspecified atom stereocenters. The van der Waals surface area contributed by atoms with Crippen LogP contribution in [0.5, 0.6) is 0 Å². The first-order valence-corrected chi connectivity index (χ1v) is 6.51. The number of carbonyl (C=O) groups is 1. The van der Waals surface area contributed by atoms with Crippen LogP contribution in [0.3, 0.4) is 0 Å². The topological polar surface area (TPSA) is 87.4 Å². The number of benzene rings is 1. The van der Waals surface area contributed by atoms with Crippen LogP contribution in [0.2, 0.25) is 5.02 Å². The first-order valence-electron chi connectivity index (χ1n) is 4.72. The molecule has 5 nitrogen and oxygen atoms in total. The molecule has 1 aromatic carbocycles. The van der Waals surface area contributed by atoms with E-state index in [1.165, 1.54) is 18.2 Å². The normalized spacial score (nSPS) is 11.4. The number of halogens is 1. The van der Waals surface area contributed by atoms with E-state index in [1.54, 1.807) is 0 Å². The standard InChI is InChI=1S/C11H7ClO5S/c12-10-5-8(18(14,15)16)2-3-9(10)11-4-1-7(6-13)17-11/h1-6H,(H,14,15,16)/p-1. The Morgan fingerprint density at radius 1 is 1.22 bits per heavy atom. The summed E-state index contributed by atoms with van der Waals surface area (Å²) in [5, 5.41) is 0.0544. The van der Waals surface area contributed by atoms with Crippen molar-refractivity contribution >= 4 is 28.0 Å². The molecule has 0 amide bonds. The summed E-state index contributed by atoms with van der Waals surface area (Å²) in [6, 6.07) is 6.50. The fourth-order valence-electron chi connectivity index (χ4n) is 1.41. The van der Waals surface area contributed by atoms with Crippen LogP contribution in [0.4, 0.5) is 0 Å². The summed E-state index contributed by atoms with van der Waals surface area (Å²) in [6.07, 6.45) is 0.536. The van der Waals surface area contributed by atoms with E-state index in [0.29, 0.717) is 17.6 Å². The van der Waals surface area contributed by atoms with Gasteiger partial charge in [-0.2, -0.15) is 0 Å². The van der Waals surface area contributed by atoms with Gasteiger partial charge in [-0.15, -0.1) is 0 Å². The van der Waals surface area contributed by atoms with Crippen LogP contribution >= 0.6 is 11.6 Å². The number of furan rings is 1. The highest BCUT2D eigenvalue weighted by molar-refractivity contribution is 7.85. The van der Waals surface area contributed by atoms with Crippen molar-refractivity contribution in [2.75, 3.05) is 0 Å². The lowest BCUT2D eigenvalue weighted by Crippen LogP contribution is -1.98. The van der Waals surface area contributed by atoms with Crippen molar-refractivity contribution in [2.45, 2.75) is 4.90 Å². The fourth-order valence-corrected chi connectivity index (χ4v) is 2.25. The van der Waals surface area contributed by atoms with Gasteiger partial charge in [0.05, 0.1) is 9.92 Å². The minimum atomic E-state index is -4.54. The third kappa shape index (κ3) is 2.45. The van der Waals surface area contributed by atoms with Gasteiger partial charge in [-0.1, -0.05) is 11.6 Å². The highest BCUT2D eigenvalue weighted by Crippen LogP contribution is 2.31. The van der Waals surface area contributed by atoms with Crippen LogP contribution < -0.4 is 0 Å². The molecule has 0 saturated heterocycles. The molecule has 0 fully saturated rings. The van der Waals surface area contributed by atoms with E-state index in [4.69, 9.17) is 16.0 Å². The van der Waals surface area contributed by atoms with Crippen molar-refractivity contribution in [3.05, 3.63) is 41.1 Å². The Hall–Kier alpha value is -1.63. The van der Waals surface area contributed by atoms with Crippen LogP contribution in [0.15, 0.2) is 39.6 Å². The summed E-state index contributed by atoms with van der Waals surface area (Å²) in [7, 11) is -4.54. The molecule has 0 aliphatic heterocycles. The minimum Gasteiger partial charge on any atom is -0.744 e. The van der Waals surface area contributed by atoms with E-state index in [-0.39, 0.29) is 10.8 Å². The van der Waals surface area contributed by atoms with Crippen LogP contribution in [-0.2, 0) is 10.1 Å². The Kier molecular flexibility index (Phi) is 3.25. The molecule has 2 rings (SSSR count). The second-order valence-electron chi connectivity index (χ2n) is 3.42. The van der Waals surface area contributed by atoms with Gasteiger partial charge in [0.15, 0.2) is 12.0 Å². The van der Waals surface area contributed by atoms with Crippen molar-refractivity contribution in [1.29, 1.82) is 0 Å². The van der Waals surface area contributed by atoms with Crippen LogP contribution in [0.25, 0.3) is 11.3 Å². The van der Waals surface area contributed by atoms with E-state index in [1.807, 2.05) is 0 Å². The average Bonchev–Trinajstić information content (AvgIpc) is 2.76. The largest absolute Gasteiger partial charge is 0.744 e. The zero-order valence-corrected chi connectivity index (χ0v) is 10.4. The van der Waals surface area contributed by atoms with Crippen molar-refractivity contribution in [3.63, 3.8) is 0 Å². The molecule has 0 bridgehead atoms. The highest BCUT2D eigenvalue weighted by Gasteiger charge is 2.11. The van der Waals surface area contributed by atoms with E-state index in [9.17, 15) is 17.8 Å². The van der Waals surface area contributed by atoms with E-state index in [0.717, 1.165) is 12.1 Å². The summed E-state index contributed by atoms with van der Waals surface area (Å²) >= 11 is 5.87. The molecular formula is C11H6ClO5S-. The lowest BCUT2D eigenvalue weighted by Gasteiger charge is -2.08. The van der Waals surface area contributed by atoms with Gasteiger partial charge in [-0.25, -0.2) is 8.42 Å². The zero-order chi connectivity index (χ0) is 13.3. The van der Waals surface area contributed by atoms with Gasteiger partial charge < -0.3 is 8.97 Å². The summed E-state index contributed by atoms with van der Waals surface area (Å²) in [5.41, 5.74) is 0.400. The van der Waals surface area contributed by atoms with Gasteiger partial charge in [-0.3, -0.25) is 4.79 Å². The van der Waals surface area contributed by atoms with Gasteiger partial charge in [0.1, 0.15) is 15.9 Å². The third-order valence-corrected chi connectivity index (χ3v) is 3.38. The maximum atomic E-state index is 10.8. The van der Waals surface area contributed by atoms with Gasteiger partial charge in [0, 0.05) is 5.56 Å². The molecule has 0 aliphatic carbocycles. The molecule has 0 aliphatic rings. The van der Waals surface area contributed by atoms with E-state index >= 15 is 0 Å². The predicted molar refractivity (Wildman–Crippen MR) is 62.5 cm³/mol. The molecule has 2 aromatic rings. The van der Waals surface area contributed by atoms with Gasteiger partial charge in [-0.05, 0) is 30.3 Å². The second kappa shape index (κ2) is 4.56. The van der Waals surface area contributed by atoms with Gasteiger partial charge in [0.2, 0.25) is 0 Å². The van der Waals surface area contributed by atoms with Gasteiger partial charge >= 0.3 is 0 Å². The first kappa shape index (κ1) is 12.8. The van der Waals surface area contributed by atoms with Gasteiger partial charge in [0.25, 0.3) is 0 Å². The van der Waals surface area contributed by atoms with Crippen molar-refractivity contribution in [3.8, 4) is 11.3 Å². The van der Waals surface area contributed by atoms with Crippen molar-refractivity contribution in [1.82, 2.24) is 0 Å². The summed E-state index contributed by atoms with van der Waals surface area (Å²) in [5.74, 6) is 0.443. The molecule has 1 aromatic heterocycles. The Balaban J connectivity index is 2.51. The smallest absolute Gasteiger partial charge is 0.185 e. The molecular weight excluding hydrogens is 280 g/mol. The molecule has 0 spiro atoms. The Morgan fingerprint density at radius 3 is 2.44 bits per heavy atom. The second-order valence-corrected chi connectivity index (χ2v) is 5.20. The third-order valence-electron chi connectivity index (χ3n) is 2.24. The van der Waals surface area contributed by atoms with E-state index < -0.39 is 15.0 Å². The highest BCUT2D eigenvalue weighted by atomic mass is 35.5. The maximum absolute atomic E-state index is 10.8. The van der Waals surface area contributed by atoms with Crippen LogP contribution in [0, 0.1) is 0 Å². The van der Waals surface area contributed by atoms with Crippen LogP contribution in [-0.4, -0.2) is 19.3 Å². The number of carbonyl (C=O) groups excluding carboxylic acids is 1. The Labute approximate surface area is 108 Å². The quantitative estimate of drug-likeness (QED) is 0.638. The maximum Gasteiger partial charge on any atom is 0.185 e. The van der Waals surface area contributed by atoms with E-state index in [2.05, 4.69) is 0 Å². The Morgan fingerprint density at radius 2 is 1.94 bits per heavy atom. The zero-order valence-electron chi connectivity index (χ0n) is 8.79. The molecule has 0 radical (unpaired) electrons. The molecule has 0 atom stereocenters. The molecule has 0 N–H and O–H groups in total. The molecule has 18 heavy (non-hydrogen) atoms. The summed E-state index contributed by atoms with van der Waals surface area (Å²) in [4.78, 5) is 10.1. The lowest BCUT2D eigenvalue weighted by molar-refractivity contribution is 0.110. The lowest BCUT2D eigenvalue weighted by atomic mass is 10.2. The van der Waals surface area contributed by atoms with Crippen molar-refractivity contribution in [2.24, 2.45) is 0 Å². The Bertz CT molecular complexity index is 702. The molecule has 94 valence electrons. The number of aldehydes is 1. The number of rotatable bonds is 3. The summed E-state index contributed by atoms with van der Waals surface area (Å²) < 4.78 is 37.5. The first-order chi connectivity index (χ1) is 8.41. The average molecular weight is 286 g/mol. The summed E-state index contributed by atoms with van der Waals surface area (Å²) in [6.45, 7) is 0. The number of hydrogen-bond acceptors (Lipinski definition) is 5. The van der Waals surface area contributed by atoms with Crippen molar-refractivity contribution < 1.29 is 22.2 Å². The monoisotopic (exact) mass is 285 g/mol. The number of hydrogen-bond donors (Lipinski definition) is 0. The predicted octanol–water partition coefficient (Wildman–Crippen LogP) is 2.32. The fraction of sp³-hybridized carbons (Fsp3) is 0. The van der Waals surface area contributed by atoms with Crippen LogP contribution in [0.1, 0.15) is 10.6 Å².